The number of rotatable bonds is 17. The van der Waals surface area contributed by atoms with E-state index in [1.807, 2.05) is 0 Å². The molecule has 0 aromatic rings. The standard InChI is InChI=1S/C54H95N5O2/c1-42(2)17-12-18-43(3)47-23-24-48-46-22-21-44-41-45(25-28-53(44,4)49(46)26-29-54(47,48)5)61-52(60)27-40-55(30-13-34-58-38-15-36-56-32-10-6-8-19-50(56)58)31-14-35-59-39-16-37-57-33-11-7-9-20-51(57)59/h21,42-43,45-51H,6-20,22-41H2,1-5H3/t43-,45+,46+,47-,48+,49+,50?,51?,53+,54-/m1/s1. The molecule has 8 rings (SSSR count). The van der Waals surface area contributed by atoms with Crippen LogP contribution in [-0.2, 0) is 9.53 Å². The van der Waals surface area contributed by atoms with E-state index in [0.717, 1.165) is 68.0 Å². The minimum Gasteiger partial charge on any atom is -0.462 e. The van der Waals surface area contributed by atoms with Crippen LogP contribution in [0.3, 0.4) is 0 Å². The third-order valence-corrected chi connectivity index (χ3v) is 19.3. The van der Waals surface area contributed by atoms with Crippen LogP contribution in [0.4, 0.5) is 0 Å². The SMILES string of the molecule is CC(C)CCC[C@@H](C)[C@H]1CC[C@H]2[C@@H]3CC=C4C[C@@H](OC(=O)CCN(CCCN5CCCN6CCCCCC65)CCCN5CCCN6CCCCCC65)CC[C@]4(C)[C@H]3CC[C@]12C. The van der Waals surface area contributed by atoms with Crippen molar-refractivity contribution in [2.75, 3.05) is 72.0 Å². The van der Waals surface area contributed by atoms with Crippen molar-refractivity contribution in [2.45, 2.75) is 207 Å². The molecule has 0 N–H and O–H groups in total. The Morgan fingerprint density at radius 3 is 2.02 bits per heavy atom. The molecule has 0 aromatic carbocycles. The van der Waals surface area contributed by atoms with Crippen LogP contribution in [0.5, 0.6) is 0 Å². The van der Waals surface area contributed by atoms with Crippen molar-refractivity contribution in [2.24, 2.45) is 46.3 Å². The average molecular weight is 846 g/mol. The first kappa shape index (κ1) is 46.5. The summed E-state index contributed by atoms with van der Waals surface area (Å²) in [6.45, 7) is 25.9. The minimum atomic E-state index is 0.0519. The number of hydrogen-bond acceptors (Lipinski definition) is 7. The Labute approximate surface area is 375 Å². The maximum Gasteiger partial charge on any atom is 0.307 e. The van der Waals surface area contributed by atoms with Gasteiger partial charge in [-0.3, -0.25) is 24.4 Å². The summed E-state index contributed by atoms with van der Waals surface area (Å²) in [6.07, 6.45) is 35.2. The molecule has 4 aliphatic carbocycles. The van der Waals surface area contributed by atoms with E-state index in [-0.39, 0.29) is 12.1 Å². The van der Waals surface area contributed by atoms with Gasteiger partial charge in [0.25, 0.3) is 0 Å². The van der Waals surface area contributed by atoms with E-state index in [4.69, 9.17) is 4.74 Å². The molecule has 7 heteroatoms. The fourth-order valence-corrected chi connectivity index (χ4v) is 16.0. The maximum absolute atomic E-state index is 13.8. The fourth-order valence-electron chi connectivity index (χ4n) is 16.0. The molecule has 4 heterocycles. The van der Waals surface area contributed by atoms with Crippen LogP contribution in [0.1, 0.15) is 189 Å². The first-order valence-corrected chi connectivity index (χ1v) is 27.2. The Hall–Kier alpha value is -0.990. The molecular weight excluding hydrogens is 751 g/mol. The van der Waals surface area contributed by atoms with E-state index in [2.05, 4.69) is 65.2 Å². The zero-order valence-electron chi connectivity index (χ0n) is 40.6. The van der Waals surface area contributed by atoms with Gasteiger partial charge in [0.05, 0.1) is 18.8 Å². The second-order valence-corrected chi connectivity index (χ2v) is 23.5. The highest BCUT2D eigenvalue weighted by molar-refractivity contribution is 5.69. The van der Waals surface area contributed by atoms with Gasteiger partial charge >= 0.3 is 5.97 Å². The van der Waals surface area contributed by atoms with Crippen molar-refractivity contribution in [1.82, 2.24) is 24.5 Å². The van der Waals surface area contributed by atoms with Gasteiger partial charge in [-0.2, -0.15) is 0 Å². The molecular formula is C54H95N5O2. The molecule has 8 aliphatic rings. The number of carbonyl (C=O) groups is 1. The molecule has 348 valence electrons. The lowest BCUT2D eigenvalue weighted by atomic mass is 9.47. The van der Waals surface area contributed by atoms with E-state index in [9.17, 15) is 4.79 Å². The number of esters is 1. The highest BCUT2D eigenvalue weighted by Crippen LogP contribution is 2.67. The van der Waals surface area contributed by atoms with Crippen LogP contribution >= 0.6 is 0 Å². The number of ether oxygens (including phenoxy) is 1. The van der Waals surface area contributed by atoms with Gasteiger partial charge in [0, 0.05) is 52.2 Å². The molecule has 10 atom stereocenters. The van der Waals surface area contributed by atoms with Crippen LogP contribution in [0.25, 0.3) is 0 Å². The van der Waals surface area contributed by atoms with Gasteiger partial charge in [0.2, 0.25) is 0 Å². The van der Waals surface area contributed by atoms with E-state index in [0.29, 0.717) is 29.6 Å². The smallest absolute Gasteiger partial charge is 0.307 e. The lowest BCUT2D eigenvalue weighted by Crippen LogP contribution is -2.54. The highest BCUT2D eigenvalue weighted by atomic mass is 16.5. The molecule has 3 saturated carbocycles. The van der Waals surface area contributed by atoms with Gasteiger partial charge < -0.3 is 9.64 Å². The molecule has 4 saturated heterocycles. The summed E-state index contributed by atoms with van der Waals surface area (Å²) >= 11 is 0. The molecule has 7 nitrogen and oxygen atoms in total. The normalized spacial score (nSPS) is 37.2. The van der Waals surface area contributed by atoms with Crippen molar-refractivity contribution in [3.05, 3.63) is 11.6 Å². The Kier molecular flexibility index (Phi) is 16.4. The van der Waals surface area contributed by atoms with E-state index < -0.39 is 0 Å². The molecule has 61 heavy (non-hydrogen) atoms. The predicted molar refractivity (Wildman–Crippen MR) is 253 cm³/mol. The number of fused-ring (bicyclic) bond motifs is 7. The Bertz CT molecular complexity index is 1380. The molecule has 0 radical (unpaired) electrons. The summed E-state index contributed by atoms with van der Waals surface area (Å²) in [5.41, 5.74) is 2.48. The van der Waals surface area contributed by atoms with Crippen LogP contribution in [0.2, 0.25) is 0 Å². The molecule has 2 unspecified atom stereocenters. The Morgan fingerprint density at radius 1 is 0.705 bits per heavy atom. The van der Waals surface area contributed by atoms with E-state index in [1.54, 1.807) is 5.57 Å². The Morgan fingerprint density at radius 2 is 1.36 bits per heavy atom. The van der Waals surface area contributed by atoms with Gasteiger partial charge in [-0.15, -0.1) is 0 Å². The number of nitrogens with zero attached hydrogens (tertiary/aromatic N) is 5. The fraction of sp³-hybridized carbons (Fsp3) is 0.944. The van der Waals surface area contributed by atoms with Crippen molar-refractivity contribution in [1.29, 1.82) is 0 Å². The second kappa shape index (κ2) is 21.5. The van der Waals surface area contributed by atoms with Gasteiger partial charge in [0.1, 0.15) is 6.10 Å². The van der Waals surface area contributed by atoms with Gasteiger partial charge in [-0.25, -0.2) is 0 Å². The summed E-state index contributed by atoms with van der Waals surface area (Å²) in [5, 5.41) is 0. The molecule has 0 aromatic heterocycles. The van der Waals surface area contributed by atoms with Crippen LogP contribution in [0.15, 0.2) is 11.6 Å². The summed E-state index contributed by atoms with van der Waals surface area (Å²) in [5.74, 6) is 5.23. The van der Waals surface area contributed by atoms with Crippen molar-refractivity contribution < 1.29 is 9.53 Å². The maximum atomic E-state index is 13.8. The summed E-state index contributed by atoms with van der Waals surface area (Å²) in [6, 6.07) is 0. The Balaban J connectivity index is 0.835. The van der Waals surface area contributed by atoms with E-state index in [1.165, 1.54) is 187 Å². The first-order chi connectivity index (χ1) is 29.6. The molecule has 4 aliphatic heterocycles. The van der Waals surface area contributed by atoms with Gasteiger partial charge in [-0.05, 0) is 169 Å². The van der Waals surface area contributed by atoms with E-state index >= 15 is 0 Å². The third kappa shape index (κ3) is 11.0. The number of allylic oxidation sites excluding steroid dienone is 1. The zero-order chi connectivity index (χ0) is 42.4. The summed E-state index contributed by atoms with van der Waals surface area (Å²) in [7, 11) is 0. The van der Waals surface area contributed by atoms with Crippen molar-refractivity contribution in [3.8, 4) is 0 Å². The first-order valence-electron chi connectivity index (χ1n) is 27.2. The highest BCUT2D eigenvalue weighted by Gasteiger charge is 2.59. The second-order valence-electron chi connectivity index (χ2n) is 23.5. The third-order valence-electron chi connectivity index (χ3n) is 19.3. The van der Waals surface area contributed by atoms with Crippen LogP contribution in [-0.4, -0.2) is 121 Å². The molecule has 0 amide bonds. The van der Waals surface area contributed by atoms with Gasteiger partial charge in [0.15, 0.2) is 0 Å². The van der Waals surface area contributed by atoms with Crippen molar-refractivity contribution >= 4 is 5.97 Å². The monoisotopic (exact) mass is 846 g/mol. The van der Waals surface area contributed by atoms with Crippen LogP contribution in [0, 0.1) is 46.3 Å². The zero-order valence-corrected chi connectivity index (χ0v) is 40.6. The average Bonchev–Trinajstić information content (AvgIpc) is 3.39. The molecule has 0 bridgehead atoms. The predicted octanol–water partition coefficient (Wildman–Crippen LogP) is 11.2. The van der Waals surface area contributed by atoms with Crippen LogP contribution < -0.4 is 0 Å². The quantitative estimate of drug-likeness (QED) is 0.107. The van der Waals surface area contributed by atoms with Crippen molar-refractivity contribution in [3.63, 3.8) is 0 Å². The number of hydrogen-bond donors (Lipinski definition) is 0. The lowest BCUT2D eigenvalue weighted by molar-refractivity contribution is -0.152. The minimum absolute atomic E-state index is 0.0519. The largest absolute Gasteiger partial charge is 0.462 e. The summed E-state index contributed by atoms with van der Waals surface area (Å²) < 4.78 is 6.45. The number of carbonyl (C=O) groups excluding carboxylic acids is 1. The molecule has 0 spiro atoms. The molecule has 7 fully saturated rings. The summed E-state index contributed by atoms with van der Waals surface area (Å²) in [4.78, 5) is 27.6. The topological polar surface area (TPSA) is 42.5 Å². The van der Waals surface area contributed by atoms with Gasteiger partial charge in [-0.1, -0.05) is 91.2 Å². The lowest BCUT2D eigenvalue weighted by Gasteiger charge is -2.58.